The molecule has 116 valence electrons. The topological polar surface area (TPSA) is 79.2 Å². The predicted molar refractivity (Wildman–Crippen MR) is 84.2 cm³/mol. The largest absolute Gasteiger partial charge is 0.452 e. The van der Waals surface area contributed by atoms with Crippen molar-refractivity contribution in [3.8, 4) is 6.07 Å². The molecule has 0 aliphatic carbocycles. The number of nitrogens with one attached hydrogen (secondary N) is 1. The molecule has 0 bridgehead atoms. The van der Waals surface area contributed by atoms with E-state index in [2.05, 4.69) is 21.2 Å². The lowest BCUT2D eigenvalue weighted by atomic mass is 10.2. The van der Waals surface area contributed by atoms with E-state index in [0.717, 1.165) is 6.07 Å². The highest BCUT2D eigenvalue weighted by molar-refractivity contribution is 9.10. The Morgan fingerprint density at radius 3 is 2.74 bits per heavy atom. The number of carbonyl (C=O) groups is 2. The lowest BCUT2D eigenvalue weighted by Gasteiger charge is -2.07. The summed E-state index contributed by atoms with van der Waals surface area (Å²) < 4.78 is 18.8. The first-order chi connectivity index (χ1) is 11.0. The second kappa shape index (κ2) is 7.51. The number of amides is 1. The minimum absolute atomic E-state index is 0.257. The Bertz CT molecular complexity index is 802. The molecule has 7 heteroatoms. The van der Waals surface area contributed by atoms with Gasteiger partial charge in [0.25, 0.3) is 5.91 Å². The third kappa shape index (κ3) is 4.63. The molecule has 1 N–H and O–H groups in total. The maximum atomic E-state index is 13.6. The fraction of sp³-hybridized carbons (Fsp3) is 0.0625. The van der Waals surface area contributed by atoms with Crippen molar-refractivity contribution in [1.29, 1.82) is 5.26 Å². The summed E-state index contributed by atoms with van der Waals surface area (Å²) in [7, 11) is 0. The summed E-state index contributed by atoms with van der Waals surface area (Å²) in [6, 6.07) is 12.1. The van der Waals surface area contributed by atoms with E-state index in [1.165, 1.54) is 18.2 Å². The summed E-state index contributed by atoms with van der Waals surface area (Å²) in [6.45, 7) is -0.564. The van der Waals surface area contributed by atoms with Gasteiger partial charge in [-0.2, -0.15) is 5.26 Å². The van der Waals surface area contributed by atoms with Gasteiger partial charge >= 0.3 is 5.97 Å². The number of halogens is 2. The predicted octanol–water partition coefficient (Wildman–Crippen LogP) is 3.26. The number of benzene rings is 2. The first kappa shape index (κ1) is 16.6. The van der Waals surface area contributed by atoms with Gasteiger partial charge < -0.3 is 10.1 Å². The molecule has 2 rings (SSSR count). The van der Waals surface area contributed by atoms with Gasteiger partial charge in [-0.05, 0) is 36.4 Å². The molecule has 0 atom stereocenters. The van der Waals surface area contributed by atoms with Crippen LogP contribution >= 0.6 is 15.9 Å². The van der Waals surface area contributed by atoms with E-state index in [-0.39, 0.29) is 5.56 Å². The molecule has 0 aromatic heterocycles. The summed E-state index contributed by atoms with van der Waals surface area (Å²) in [4.78, 5) is 23.4. The quantitative estimate of drug-likeness (QED) is 0.830. The molecule has 2 aromatic rings. The lowest BCUT2D eigenvalue weighted by molar-refractivity contribution is -0.119. The molecule has 0 saturated carbocycles. The van der Waals surface area contributed by atoms with Crippen LogP contribution in [0.1, 0.15) is 15.9 Å². The number of anilines is 1. The Balaban J connectivity index is 1.93. The lowest BCUT2D eigenvalue weighted by Crippen LogP contribution is -2.21. The van der Waals surface area contributed by atoms with Crippen LogP contribution in [0.25, 0.3) is 0 Å². The first-order valence-corrected chi connectivity index (χ1v) is 7.21. The highest BCUT2D eigenvalue weighted by atomic mass is 79.9. The zero-order valence-corrected chi connectivity index (χ0v) is 13.3. The first-order valence-electron chi connectivity index (χ1n) is 6.42. The van der Waals surface area contributed by atoms with Crippen molar-refractivity contribution in [2.75, 3.05) is 11.9 Å². The van der Waals surface area contributed by atoms with Crippen LogP contribution in [0.5, 0.6) is 0 Å². The summed E-state index contributed by atoms with van der Waals surface area (Å²) in [5.74, 6) is -2.27. The molecule has 0 heterocycles. The molecule has 0 unspecified atom stereocenters. The van der Waals surface area contributed by atoms with Crippen LogP contribution in [0.2, 0.25) is 0 Å². The van der Waals surface area contributed by atoms with E-state index >= 15 is 0 Å². The molecule has 23 heavy (non-hydrogen) atoms. The number of rotatable bonds is 4. The average Bonchev–Trinajstić information content (AvgIpc) is 2.53. The van der Waals surface area contributed by atoms with Gasteiger partial charge in [0.2, 0.25) is 0 Å². The SMILES string of the molecule is N#Cc1cccc(NC(=O)COC(=O)c2ccc(Br)cc2F)c1. The van der Waals surface area contributed by atoms with E-state index in [0.29, 0.717) is 15.7 Å². The monoisotopic (exact) mass is 376 g/mol. The molecular formula is C16H10BrFN2O3. The van der Waals surface area contributed by atoms with Crippen molar-refractivity contribution < 1.29 is 18.7 Å². The Labute approximate surface area is 139 Å². The molecule has 1 amide bonds. The Hall–Kier alpha value is -2.72. The third-order valence-corrected chi connectivity index (χ3v) is 3.25. The van der Waals surface area contributed by atoms with Crippen LogP contribution < -0.4 is 5.32 Å². The van der Waals surface area contributed by atoms with Crippen molar-refractivity contribution in [2.24, 2.45) is 0 Å². The fourth-order valence-corrected chi connectivity index (χ4v) is 2.06. The van der Waals surface area contributed by atoms with E-state index < -0.39 is 24.3 Å². The number of carbonyl (C=O) groups excluding carboxylic acids is 2. The molecule has 0 saturated heterocycles. The van der Waals surface area contributed by atoms with Crippen LogP contribution in [0, 0.1) is 17.1 Å². The van der Waals surface area contributed by atoms with Crippen molar-refractivity contribution >= 4 is 33.5 Å². The Morgan fingerprint density at radius 2 is 2.04 bits per heavy atom. The Kier molecular flexibility index (Phi) is 5.44. The van der Waals surface area contributed by atoms with Crippen LogP contribution in [0.15, 0.2) is 46.9 Å². The molecule has 0 radical (unpaired) electrons. The van der Waals surface area contributed by atoms with Crippen molar-refractivity contribution in [3.63, 3.8) is 0 Å². The maximum absolute atomic E-state index is 13.6. The maximum Gasteiger partial charge on any atom is 0.341 e. The van der Waals surface area contributed by atoms with Gasteiger partial charge in [-0.15, -0.1) is 0 Å². The van der Waals surface area contributed by atoms with Crippen LogP contribution in [0.3, 0.4) is 0 Å². The minimum Gasteiger partial charge on any atom is -0.452 e. The van der Waals surface area contributed by atoms with E-state index in [9.17, 15) is 14.0 Å². The van der Waals surface area contributed by atoms with Gasteiger partial charge in [0.1, 0.15) is 5.82 Å². The number of ether oxygens (including phenoxy) is 1. The van der Waals surface area contributed by atoms with Gasteiger partial charge in [0.15, 0.2) is 6.61 Å². The van der Waals surface area contributed by atoms with Crippen LogP contribution in [-0.4, -0.2) is 18.5 Å². The normalized spacial score (nSPS) is 9.78. The summed E-state index contributed by atoms with van der Waals surface area (Å²) in [6.07, 6.45) is 0. The summed E-state index contributed by atoms with van der Waals surface area (Å²) in [5, 5.41) is 11.3. The second-order valence-corrected chi connectivity index (χ2v) is 5.36. The minimum atomic E-state index is -0.934. The third-order valence-electron chi connectivity index (χ3n) is 2.76. The van der Waals surface area contributed by atoms with Gasteiger partial charge in [-0.25, -0.2) is 9.18 Å². The molecule has 0 aliphatic heterocycles. The smallest absolute Gasteiger partial charge is 0.341 e. The highest BCUT2D eigenvalue weighted by Crippen LogP contribution is 2.16. The van der Waals surface area contributed by atoms with E-state index in [1.807, 2.05) is 6.07 Å². The van der Waals surface area contributed by atoms with Gasteiger partial charge in [0.05, 0.1) is 17.2 Å². The van der Waals surface area contributed by atoms with E-state index in [4.69, 9.17) is 10.00 Å². The number of hydrogen-bond acceptors (Lipinski definition) is 4. The van der Waals surface area contributed by atoms with Gasteiger partial charge in [0, 0.05) is 10.2 Å². The zero-order chi connectivity index (χ0) is 16.8. The van der Waals surface area contributed by atoms with E-state index in [1.54, 1.807) is 18.2 Å². The number of nitriles is 1. The standard InChI is InChI=1S/C16H10BrFN2O3/c17-11-4-5-13(14(18)7-11)16(22)23-9-15(21)20-12-3-1-2-10(6-12)8-19/h1-7H,9H2,(H,20,21). The second-order valence-electron chi connectivity index (χ2n) is 4.44. The van der Waals surface area contributed by atoms with Crippen molar-refractivity contribution in [2.45, 2.75) is 0 Å². The molecular weight excluding hydrogens is 367 g/mol. The fourth-order valence-electron chi connectivity index (χ4n) is 1.73. The summed E-state index contributed by atoms with van der Waals surface area (Å²) in [5.41, 5.74) is 0.532. The molecule has 0 fully saturated rings. The zero-order valence-electron chi connectivity index (χ0n) is 11.7. The highest BCUT2D eigenvalue weighted by Gasteiger charge is 2.15. The molecule has 2 aromatic carbocycles. The van der Waals surface area contributed by atoms with Crippen molar-refractivity contribution in [3.05, 3.63) is 63.9 Å². The molecule has 5 nitrogen and oxygen atoms in total. The molecule has 0 spiro atoms. The van der Waals surface area contributed by atoms with Gasteiger partial charge in [-0.3, -0.25) is 4.79 Å². The van der Waals surface area contributed by atoms with Crippen LogP contribution in [-0.2, 0) is 9.53 Å². The number of hydrogen-bond donors (Lipinski definition) is 1. The molecule has 0 aliphatic rings. The summed E-state index contributed by atoms with van der Waals surface area (Å²) >= 11 is 3.08. The Morgan fingerprint density at radius 1 is 1.26 bits per heavy atom. The van der Waals surface area contributed by atoms with Crippen LogP contribution in [0.4, 0.5) is 10.1 Å². The number of esters is 1. The number of nitrogens with zero attached hydrogens (tertiary/aromatic N) is 1. The van der Waals surface area contributed by atoms with Crippen molar-refractivity contribution in [1.82, 2.24) is 0 Å². The average molecular weight is 377 g/mol. The van der Waals surface area contributed by atoms with Gasteiger partial charge in [-0.1, -0.05) is 22.0 Å².